The van der Waals surface area contributed by atoms with Crippen LogP contribution in [0.25, 0.3) is 11.0 Å². The zero-order valence-electron chi connectivity index (χ0n) is 16.9. The molecule has 1 saturated carbocycles. The minimum absolute atomic E-state index is 0.0798. The molecular weight excluding hydrogens is 411 g/mol. The summed E-state index contributed by atoms with van der Waals surface area (Å²) in [6, 6.07) is 3.08. The molecule has 1 aromatic carbocycles. The number of piperazine rings is 1. The second-order valence-corrected chi connectivity index (χ2v) is 8.74. The third-order valence-corrected chi connectivity index (χ3v) is 6.66. The van der Waals surface area contributed by atoms with E-state index in [2.05, 4.69) is 20.3 Å². The van der Waals surface area contributed by atoms with Gasteiger partial charge in [-0.15, -0.1) is 0 Å². The molecule has 2 N–H and O–H groups in total. The Labute approximate surface area is 180 Å². The summed E-state index contributed by atoms with van der Waals surface area (Å²) in [4.78, 5) is 16.0. The van der Waals surface area contributed by atoms with Crippen molar-refractivity contribution in [3.8, 4) is 0 Å². The lowest BCUT2D eigenvalue weighted by Gasteiger charge is -2.36. The summed E-state index contributed by atoms with van der Waals surface area (Å²) in [5.41, 5.74) is 0.417. The predicted octanol–water partition coefficient (Wildman–Crippen LogP) is 2.80. The van der Waals surface area contributed by atoms with Crippen LogP contribution in [0, 0.1) is 11.7 Å². The summed E-state index contributed by atoms with van der Waals surface area (Å²) in [5.74, 6) is 0.654. The van der Waals surface area contributed by atoms with Gasteiger partial charge in [0, 0.05) is 38.3 Å². The Morgan fingerprint density at radius 3 is 2.67 bits per heavy atom. The van der Waals surface area contributed by atoms with Crippen LogP contribution in [0.2, 0.25) is 5.02 Å². The first-order chi connectivity index (χ1) is 14.5. The molecule has 0 bridgehead atoms. The maximum absolute atomic E-state index is 13.6. The first-order valence-corrected chi connectivity index (χ1v) is 11.0. The predicted molar refractivity (Wildman–Crippen MR) is 113 cm³/mol. The SMILES string of the molecule is O=C(CO)N[C@H]1CC[C@H](CCN2CCN(c3noc4cc(F)c(Cl)cc34)CC2)CC1. The topological polar surface area (TPSA) is 81.8 Å². The van der Waals surface area contributed by atoms with Gasteiger partial charge in [0.25, 0.3) is 0 Å². The Hall–Kier alpha value is -1.90. The van der Waals surface area contributed by atoms with Crippen LogP contribution >= 0.6 is 11.6 Å². The van der Waals surface area contributed by atoms with Gasteiger partial charge < -0.3 is 19.8 Å². The van der Waals surface area contributed by atoms with E-state index in [0.29, 0.717) is 11.5 Å². The molecule has 0 spiro atoms. The van der Waals surface area contributed by atoms with Crippen molar-refractivity contribution in [3.63, 3.8) is 0 Å². The molecule has 2 heterocycles. The van der Waals surface area contributed by atoms with Crippen molar-refractivity contribution in [1.29, 1.82) is 0 Å². The Kier molecular flexibility index (Phi) is 6.75. The van der Waals surface area contributed by atoms with Gasteiger partial charge >= 0.3 is 0 Å². The van der Waals surface area contributed by atoms with Gasteiger partial charge in [0.1, 0.15) is 12.4 Å². The van der Waals surface area contributed by atoms with E-state index in [0.717, 1.165) is 69.6 Å². The summed E-state index contributed by atoms with van der Waals surface area (Å²) in [5, 5.41) is 16.7. The zero-order chi connectivity index (χ0) is 21.1. The molecule has 0 unspecified atom stereocenters. The highest BCUT2D eigenvalue weighted by atomic mass is 35.5. The zero-order valence-corrected chi connectivity index (χ0v) is 17.7. The fourth-order valence-corrected chi connectivity index (χ4v) is 4.73. The summed E-state index contributed by atoms with van der Waals surface area (Å²) in [7, 11) is 0. The lowest BCUT2D eigenvalue weighted by atomic mass is 9.84. The molecule has 30 heavy (non-hydrogen) atoms. The molecule has 2 aliphatic rings. The molecule has 9 heteroatoms. The minimum atomic E-state index is -0.499. The van der Waals surface area contributed by atoms with E-state index in [-0.39, 0.29) is 17.0 Å². The number of aliphatic hydroxyl groups excluding tert-OH is 1. The highest BCUT2D eigenvalue weighted by Gasteiger charge is 2.25. The average molecular weight is 439 g/mol. The van der Waals surface area contributed by atoms with E-state index in [4.69, 9.17) is 21.2 Å². The van der Waals surface area contributed by atoms with Gasteiger partial charge in [-0.2, -0.15) is 0 Å². The van der Waals surface area contributed by atoms with Crippen molar-refractivity contribution in [2.24, 2.45) is 5.92 Å². The van der Waals surface area contributed by atoms with E-state index in [1.807, 2.05) is 0 Å². The maximum atomic E-state index is 13.6. The molecule has 0 radical (unpaired) electrons. The van der Waals surface area contributed by atoms with E-state index < -0.39 is 12.4 Å². The van der Waals surface area contributed by atoms with Gasteiger partial charge in [0.05, 0.1) is 10.4 Å². The van der Waals surface area contributed by atoms with Crippen molar-refractivity contribution in [2.75, 3.05) is 44.2 Å². The van der Waals surface area contributed by atoms with Crippen LogP contribution < -0.4 is 10.2 Å². The summed E-state index contributed by atoms with van der Waals surface area (Å²) in [6.45, 7) is 4.23. The number of aliphatic hydroxyl groups is 1. The number of benzene rings is 1. The number of carbonyl (C=O) groups excluding carboxylic acids is 1. The lowest BCUT2D eigenvalue weighted by molar-refractivity contribution is -0.124. The first-order valence-electron chi connectivity index (χ1n) is 10.7. The third kappa shape index (κ3) is 4.87. The molecule has 164 valence electrons. The van der Waals surface area contributed by atoms with E-state index in [9.17, 15) is 9.18 Å². The fraction of sp³-hybridized carbons (Fsp3) is 0.619. The Morgan fingerprint density at radius 2 is 1.97 bits per heavy atom. The van der Waals surface area contributed by atoms with Crippen LogP contribution in [0.4, 0.5) is 10.2 Å². The molecule has 7 nitrogen and oxygen atoms in total. The smallest absolute Gasteiger partial charge is 0.245 e. The normalized spacial score (nSPS) is 23.1. The molecule has 1 aliphatic heterocycles. The Bertz CT molecular complexity index is 877. The Balaban J connectivity index is 1.22. The number of rotatable bonds is 6. The number of hydrogen-bond acceptors (Lipinski definition) is 6. The van der Waals surface area contributed by atoms with Crippen molar-refractivity contribution in [1.82, 2.24) is 15.4 Å². The van der Waals surface area contributed by atoms with Crippen LogP contribution in [0.3, 0.4) is 0 Å². The number of halogens is 2. The number of nitrogens with zero attached hydrogens (tertiary/aromatic N) is 3. The number of hydrogen-bond donors (Lipinski definition) is 2. The largest absolute Gasteiger partial charge is 0.387 e. The summed E-state index contributed by atoms with van der Waals surface area (Å²) >= 11 is 5.93. The molecule has 1 aliphatic carbocycles. The molecule has 2 aromatic rings. The molecule has 1 amide bonds. The molecule has 4 rings (SSSR count). The number of anilines is 1. The van der Waals surface area contributed by atoms with Crippen molar-refractivity contribution in [3.05, 3.63) is 23.0 Å². The summed E-state index contributed by atoms with van der Waals surface area (Å²) < 4.78 is 18.9. The van der Waals surface area contributed by atoms with Crippen LogP contribution in [0.15, 0.2) is 16.7 Å². The average Bonchev–Trinajstić information content (AvgIpc) is 3.16. The van der Waals surface area contributed by atoms with Crippen molar-refractivity contribution >= 4 is 34.3 Å². The molecule has 2 fully saturated rings. The van der Waals surface area contributed by atoms with Gasteiger partial charge in [-0.1, -0.05) is 16.8 Å². The van der Waals surface area contributed by atoms with Gasteiger partial charge in [-0.25, -0.2) is 4.39 Å². The minimum Gasteiger partial charge on any atom is -0.387 e. The van der Waals surface area contributed by atoms with Gasteiger partial charge in [0.15, 0.2) is 11.4 Å². The van der Waals surface area contributed by atoms with Gasteiger partial charge in [-0.3, -0.25) is 9.69 Å². The monoisotopic (exact) mass is 438 g/mol. The second kappa shape index (κ2) is 9.49. The number of fused-ring (bicyclic) bond motifs is 1. The molecule has 1 aromatic heterocycles. The van der Waals surface area contributed by atoms with Crippen molar-refractivity contribution in [2.45, 2.75) is 38.1 Å². The van der Waals surface area contributed by atoms with Crippen LogP contribution in [0.1, 0.15) is 32.1 Å². The van der Waals surface area contributed by atoms with E-state index in [1.54, 1.807) is 6.07 Å². The highest BCUT2D eigenvalue weighted by Crippen LogP contribution is 2.31. The quantitative estimate of drug-likeness (QED) is 0.721. The first kappa shape index (κ1) is 21.3. The van der Waals surface area contributed by atoms with E-state index >= 15 is 0 Å². The third-order valence-electron chi connectivity index (χ3n) is 6.37. The van der Waals surface area contributed by atoms with Crippen LogP contribution in [-0.4, -0.2) is 66.4 Å². The molecule has 1 saturated heterocycles. The van der Waals surface area contributed by atoms with E-state index in [1.165, 1.54) is 12.5 Å². The number of nitrogens with one attached hydrogen (secondary N) is 1. The van der Waals surface area contributed by atoms with Gasteiger partial charge in [-0.05, 0) is 50.6 Å². The second-order valence-electron chi connectivity index (χ2n) is 8.33. The number of amides is 1. The Morgan fingerprint density at radius 1 is 1.23 bits per heavy atom. The van der Waals surface area contributed by atoms with Crippen LogP contribution in [0.5, 0.6) is 0 Å². The lowest BCUT2D eigenvalue weighted by Crippen LogP contribution is -2.47. The fourth-order valence-electron chi connectivity index (χ4n) is 4.57. The highest BCUT2D eigenvalue weighted by molar-refractivity contribution is 6.31. The molecule has 0 atom stereocenters. The van der Waals surface area contributed by atoms with Gasteiger partial charge in [0.2, 0.25) is 5.91 Å². The maximum Gasteiger partial charge on any atom is 0.245 e. The number of carbonyl (C=O) groups is 1. The standard InChI is InChI=1S/C21H28ClFN4O3/c22-17-11-16-19(12-18(17)23)30-25-21(16)27-9-7-26(8-10-27)6-5-14-1-3-15(4-2-14)24-20(29)13-28/h11-12,14-15,28H,1-10,13H2,(H,24,29)/t14-,15-. The van der Waals surface area contributed by atoms with Crippen LogP contribution in [-0.2, 0) is 4.79 Å². The number of aromatic nitrogens is 1. The van der Waals surface area contributed by atoms with Crippen molar-refractivity contribution < 1.29 is 18.8 Å². The molecular formula is C21H28ClFN4O3. The summed E-state index contributed by atoms with van der Waals surface area (Å²) in [6.07, 6.45) is 5.40.